The molecule has 0 N–H and O–H groups in total. The molecule has 1 atom stereocenters. The molecule has 0 aliphatic heterocycles. The van der Waals surface area contributed by atoms with Crippen molar-refractivity contribution in [2.75, 3.05) is 0 Å². The summed E-state index contributed by atoms with van der Waals surface area (Å²) in [5, 5.41) is -0.933. The number of sulfone groups is 1. The number of hydrogen-bond donors (Lipinski definition) is 0. The van der Waals surface area contributed by atoms with Gasteiger partial charge in [-0.05, 0) is 36.8 Å². The first-order chi connectivity index (χ1) is 12.9. The molecular formula is C22H19BrO3S. The van der Waals surface area contributed by atoms with Crippen LogP contribution in [-0.2, 0) is 9.84 Å². The zero-order valence-electron chi connectivity index (χ0n) is 14.8. The third kappa shape index (κ3) is 4.54. The van der Waals surface area contributed by atoms with Crippen LogP contribution in [0.3, 0.4) is 0 Å². The van der Waals surface area contributed by atoms with Crippen LogP contribution in [0.15, 0.2) is 88.2 Å². The highest BCUT2D eigenvalue weighted by Gasteiger charge is 2.31. The summed E-state index contributed by atoms with van der Waals surface area (Å²) in [6.07, 6.45) is -0.109. The molecule has 3 aromatic carbocycles. The average molecular weight is 443 g/mol. The van der Waals surface area contributed by atoms with Crippen molar-refractivity contribution in [3.63, 3.8) is 0 Å². The molecule has 138 valence electrons. The summed E-state index contributed by atoms with van der Waals surface area (Å²) >= 11 is 3.34. The van der Waals surface area contributed by atoms with Crippen molar-refractivity contribution in [3.8, 4) is 0 Å². The highest BCUT2D eigenvalue weighted by molar-refractivity contribution is 9.10. The van der Waals surface area contributed by atoms with E-state index in [4.69, 9.17) is 0 Å². The molecule has 0 radical (unpaired) electrons. The van der Waals surface area contributed by atoms with Crippen LogP contribution in [-0.4, -0.2) is 14.2 Å². The predicted molar refractivity (Wildman–Crippen MR) is 111 cm³/mol. The second kappa shape index (κ2) is 8.19. The maximum Gasteiger partial charge on any atom is 0.185 e. The van der Waals surface area contributed by atoms with Crippen LogP contribution in [0.25, 0.3) is 0 Å². The Balaban J connectivity index is 2.00. The van der Waals surface area contributed by atoms with Crippen molar-refractivity contribution in [2.24, 2.45) is 0 Å². The fourth-order valence-corrected chi connectivity index (χ4v) is 4.88. The number of halogens is 1. The van der Waals surface area contributed by atoms with Crippen molar-refractivity contribution >= 4 is 31.6 Å². The fourth-order valence-electron chi connectivity index (χ4n) is 2.89. The van der Waals surface area contributed by atoms with Gasteiger partial charge in [0.15, 0.2) is 15.6 Å². The second-order valence-corrected chi connectivity index (χ2v) is 9.44. The number of benzene rings is 3. The summed E-state index contributed by atoms with van der Waals surface area (Å²) in [6.45, 7) is 1.90. The SMILES string of the molecule is Cc1ccc(S(=O)(=O)[C@H](CC(=O)c2ccc(Br)cc2)c2ccccc2)cc1. The smallest absolute Gasteiger partial charge is 0.185 e. The molecule has 0 spiro atoms. The van der Waals surface area contributed by atoms with Gasteiger partial charge < -0.3 is 0 Å². The quantitative estimate of drug-likeness (QED) is 0.470. The van der Waals surface area contributed by atoms with Crippen LogP contribution in [0, 0.1) is 6.92 Å². The molecule has 3 nitrogen and oxygen atoms in total. The highest BCUT2D eigenvalue weighted by atomic mass is 79.9. The number of hydrogen-bond acceptors (Lipinski definition) is 3. The van der Waals surface area contributed by atoms with Crippen LogP contribution in [0.2, 0.25) is 0 Å². The topological polar surface area (TPSA) is 51.2 Å². The minimum atomic E-state index is -3.71. The van der Waals surface area contributed by atoms with E-state index in [1.165, 1.54) is 0 Å². The number of carbonyl (C=O) groups is 1. The third-order valence-electron chi connectivity index (χ3n) is 4.43. The minimum Gasteiger partial charge on any atom is -0.294 e. The first kappa shape index (κ1) is 19.5. The van der Waals surface area contributed by atoms with Crippen molar-refractivity contribution in [2.45, 2.75) is 23.5 Å². The maximum absolute atomic E-state index is 13.3. The highest BCUT2D eigenvalue weighted by Crippen LogP contribution is 2.33. The summed E-state index contributed by atoms with van der Waals surface area (Å²) in [7, 11) is -3.71. The van der Waals surface area contributed by atoms with E-state index < -0.39 is 15.1 Å². The molecular weight excluding hydrogens is 424 g/mol. The van der Waals surface area contributed by atoms with Gasteiger partial charge in [0.05, 0.1) is 10.1 Å². The molecule has 0 saturated heterocycles. The van der Waals surface area contributed by atoms with Crippen molar-refractivity contribution in [1.29, 1.82) is 0 Å². The van der Waals surface area contributed by atoms with E-state index in [1.807, 2.05) is 13.0 Å². The molecule has 0 aliphatic carbocycles. The molecule has 3 rings (SSSR count). The lowest BCUT2D eigenvalue weighted by Crippen LogP contribution is -2.18. The van der Waals surface area contributed by atoms with Crippen molar-refractivity contribution < 1.29 is 13.2 Å². The van der Waals surface area contributed by atoms with E-state index in [9.17, 15) is 13.2 Å². The summed E-state index contributed by atoms with van der Waals surface area (Å²) in [5.74, 6) is -0.202. The monoisotopic (exact) mass is 442 g/mol. The Labute approximate surface area is 168 Å². The summed E-state index contributed by atoms with van der Waals surface area (Å²) in [6, 6.07) is 22.6. The Morgan fingerprint density at radius 3 is 2.07 bits per heavy atom. The number of carbonyl (C=O) groups excluding carboxylic acids is 1. The number of ketones is 1. The first-order valence-corrected chi connectivity index (χ1v) is 10.9. The van der Waals surface area contributed by atoms with Gasteiger partial charge in [-0.1, -0.05) is 76.1 Å². The zero-order valence-corrected chi connectivity index (χ0v) is 17.2. The van der Waals surface area contributed by atoms with E-state index in [0.717, 1.165) is 10.0 Å². The van der Waals surface area contributed by atoms with Crippen LogP contribution >= 0.6 is 15.9 Å². The summed E-state index contributed by atoms with van der Waals surface area (Å²) in [5.41, 5.74) is 2.10. The molecule has 0 aliphatic rings. The Bertz CT molecular complexity index is 1030. The maximum atomic E-state index is 13.3. The van der Waals surface area contributed by atoms with Gasteiger partial charge in [0.25, 0.3) is 0 Å². The Morgan fingerprint density at radius 2 is 1.48 bits per heavy atom. The van der Waals surface area contributed by atoms with Gasteiger partial charge in [-0.15, -0.1) is 0 Å². The molecule has 0 saturated carbocycles. The molecule has 27 heavy (non-hydrogen) atoms. The molecule has 0 aromatic heterocycles. The number of aryl methyl sites for hydroxylation is 1. The van der Waals surface area contributed by atoms with Gasteiger partial charge in [-0.3, -0.25) is 4.79 Å². The lowest BCUT2D eigenvalue weighted by molar-refractivity contribution is 0.0980. The summed E-state index contributed by atoms with van der Waals surface area (Å²) < 4.78 is 27.5. The second-order valence-electron chi connectivity index (χ2n) is 6.39. The Hall–Kier alpha value is -2.24. The lowest BCUT2D eigenvalue weighted by Gasteiger charge is -2.18. The number of Topliss-reactive ketones (excluding diaryl/α,β-unsaturated/α-hetero) is 1. The van der Waals surface area contributed by atoms with Gasteiger partial charge >= 0.3 is 0 Å². The molecule has 0 fully saturated rings. The molecule has 0 unspecified atom stereocenters. The van der Waals surface area contributed by atoms with E-state index in [1.54, 1.807) is 72.8 Å². The molecule has 0 bridgehead atoms. The largest absolute Gasteiger partial charge is 0.294 e. The Kier molecular flexibility index (Phi) is 5.92. The van der Waals surface area contributed by atoms with E-state index >= 15 is 0 Å². The van der Waals surface area contributed by atoms with Crippen molar-refractivity contribution in [3.05, 3.63) is 100 Å². The predicted octanol–water partition coefficient (Wildman–Crippen LogP) is 5.55. The minimum absolute atomic E-state index is 0.109. The van der Waals surface area contributed by atoms with Gasteiger partial charge in [-0.2, -0.15) is 0 Å². The fraction of sp³-hybridized carbons (Fsp3) is 0.136. The standard InChI is InChI=1S/C22H19BrO3S/c1-16-7-13-20(14-8-16)27(25,26)22(18-5-3-2-4-6-18)15-21(24)17-9-11-19(23)12-10-17/h2-14,22H,15H2,1H3/t22-/m1/s1. The van der Waals surface area contributed by atoms with Crippen LogP contribution in [0.4, 0.5) is 0 Å². The Morgan fingerprint density at radius 1 is 0.889 bits per heavy atom. The summed E-state index contributed by atoms with van der Waals surface area (Å²) in [4.78, 5) is 13.0. The molecule has 5 heteroatoms. The van der Waals surface area contributed by atoms with E-state index in [2.05, 4.69) is 15.9 Å². The third-order valence-corrected chi connectivity index (χ3v) is 7.08. The van der Waals surface area contributed by atoms with Crippen molar-refractivity contribution in [1.82, 2.24) is 0 Å². The van der Waals surface area contributed by atoms with Gasteiger partial charge in [0, 0.05) is 16.5 Å². The van der Waals surface area contributed by atoms with E-state index in [-0.39, 0.29) is 17.1 Å². The lowest BCUT2D eigenvalue weighted by atomic mass is 10.0. The van der Waals surface area contributed by atoms with Gasteiger partial charge in [0.2, 0.25) is 0 Å². The molecule has 0 heterocycles. The van der Waals surface area contributed by atoms with Crippen LogP contribution < -0.4 is 0 Å². The van der Waals surface area contributed by atoms with Crippen LogP contribution in [0.1, 0.15) is 33.2 Å². The zero-order chi connectivity index (χ0) is 19.4. The van der Waals surface area contributed by atoms with Gasteiger partial charge in [-0.25, -0.2) is 8.42 Å². The average Bonchev–Trinajstić information content (AvgIpc) is 2.67. The van der Waals surface area contributed by atoms with Crippen LogP contribution in [0.5, 0.6) is 0 Å². The first-order valence-electron chi connectivity index (χ1n) is 8.52. The van der Waals surface area contributed by atoms with E-state index in [0.29, 0.717) is 11.1 Å². The number of rotatable bonds is 6. The van der Waals surface area contributed by atoms with Gasteiger partial charge in [0.1, 0.15) is 0 Å². The molecule has 3 aromatic rings. The molecule has 0 amide bonds. The normalized spacial score (nSPS) is 12.5.